The Morgan fingerprint density at radius 3 is 2.82 bits per heavy atom. The third kappa shape index (κ3) is 4.41. The van der Waals surface area contributed by atoms with Crippen molar-refractivity contribution in [3.8, 4) is 18.1 Å². The maximum Gasteiger partial charge on any atom is 0.133 e. The van der Waals surface area contributed by atoms with Crippen molar-refractivity contribution in [2.45, 2.75) is 32.4 Å². The van der Waals surface area contributed by atoms with E-state index in [0.717, 1.165) is 29.6 Å². The number of hydrogen-bond acceptors (Lipinski definition) is 2. The molecule has 1 N–H and O–H groups in total. The highest BCUT2D eigenvalue weighted by molar-refractivity contribution is 9.10. The largest absolute Gasteiger partial charge is 0.496 e. The van der Waals surface area contributed by atoms with Gasteiger partial charge in [0, 0.05) is 6.54 Å². The minimum Gasteiger partial charge on any atom is -0.496 e. The first-order valence-electron chi connectivity index (χ1n) is 5.73. The first kappa shape index (κ1) is 14.1. The topological polar surface area (TPSA) is 21.3 Å². The molecule has 0 saturated carbocycles. The normalized spacial score (nSPS) is 11.9. The van der Waals surface area contributed by atoms with E-state index in [0.29, 0.717) is 0 Å². The van der Waals surface area contributed by atoms with E-state index >= 15 is 0 Å². The van der Waals surface area contributed by atoms with Gasteiger partial charge in [-0.1, -0.05) is 25.3 Å². The van der Waals surface area contributed by atoms with Gasteiger partial charge in [0.2, 0.25) is 0 Å². The summed E-state index contributed by atoms with van der Waals surface area (Å²) in [5.41, 5.74) is 1.19. The summed E-state index contributed by atoms with van der Waals surface area (Å²) in [5.74, 6) is 3.61. The van der Waals surface area contributed by atoms with Crippen LogP contribution in [0.15, 0.2) is 22.7 Å². The third-order valence-corrected chi connectivity index (χ3v) is 3.17. The predicted molar refractivity (Wildman–Crippen MR) is 75.1 cm³/mol. The highest BCUT2D eigenvalue weighted by atomic mass is 79.9. The summed E-state index contributed by atoms with van der Waals surface area (Å²) >= 11 is 3.47. The van der Waals surface area contributed by atoms with Gasteiger partial charge in [0.15, 0.2) is 0 Å². The summed E-state index contributed by atoms with van der Waals surface area (Å²) in [6.45, 7) is 2.91. The average molecular weight is 296 g/mol. The summed E-state index contributed by atoms with van der Waals surface area (Å²) in [7, 11) is 1.66. The molecule has 1 aromatic carbocycles. The van der Waals surface area contributed by atoms with Crippen LogP contribution in [0.4, 0.5) is 0 Å². The van der Waals surface area contributed by atoms with Crippen LogP contribution in [0.1, 0.15) is 25.3 Å². The van der Waals surface area contributed by atoms with Crippen molar-refractivity contribution in [3.63, 3.8) is 0 Å². The van der Waals surface area contributed by atoms with Gasteiger partial charge in [-0.25, -0.2) is 0 Å². The van der Waals surface area contributed by atoms with Crippen molar-refractivity contribution in [3.05, 3.63) is 28.2 Å². The fourth-order valence-corrected chi connectivity index (χ4v) is 2.18. The molecule has 92 valence electrons. The molecule has 0 amide bonds. The minimum atomic E-state index is 0.154. The van der Waals surface area contributed by atoms with Crippen molar-refractivity contribution < 1.29 is 4.74 Å². The molecule has 0 saturated heterocycles. The standard InChI is InChI=1S/C14H18BrNO/c1-4-6-12(5-2)16-10-11-7-8-14(17-3)13(15)9-11/h2,7-9,12,16H,4,6,10H2,1,3H3. The SMILES string of the molecule is C#CC(CCC)NCc1ccc(OC)c(Br)c1. The Morgan fingerprint density at radius 2 is 2.29 bits per heavy atom. The number of halogens is 1. The molecule has 0 aromatic heterocycles. The lowest BCUT2D eigenvalue weighted by atomic mass is 10.1. The fraction of sp³-hybridized carbons (Fsp3) is 0.429. The van der Waals surface area contributed by atoms with Crippen LogP contribution in [-0.2, 0) is 6.54 Å². The summed E-state index contributed by atoms with van der Waals surface area (Å²) in [6, 6.07) is 6.19. The summed E-state index contributed by atoms with van der Waals surface area (Å²) < 4.78 is 6.15. The molecule has 2 nitrogen and oxygen atoms in total. The van der Waals surface area contributed by atoms with Gasteiger partial charge in [-0.15, -0.1) is 6.42 Å². The Bertz CT molecular complexity index is 398. The number of rotatable bonds is 6. The number of terminal acetylenes is 1. The molecule has 0 radical (unpaired) electrons. The lowest BCUT2D eigenvalue weighted by Gasteiger charge is -2.12. The van der Waals surface area contributed by atoms with Gasteiger partial charge >= 0.3 is 0 Å². The molecule has 0 fully saturated rings. The van der Waals surface area contributed by atoms with E-state index in [1.54, 1.807) is 7.11 Å². The van der Waals surface area contributed by atoms with Crippen molar-refractivity contribution in [2.24, 2.45) is 0 Å². The first-order valence-corrected chi connectivity index (χ1v) is 6.52. The predicted octanol–water partition coefficient (Wildman–Crippen LogP) is 3.35. The average Bonchev–Trinajstić information content (AvgIpc) is 2.34. The minimum absolute atomic E-state index is 0.154. The zero-order valence-electron chi connectivity index (χ0n) is 10.3. The van der Waals surface area contributed by atoms with Crippen molar-refractivity contribution in [2.75, 3.05) is 7.11 Å². The number of nitrogens with one attached hydrogen (secondary N) is 1. The Morgan fingerprint density at radius 1 is 1.53 bits per heavy atom. The van der Waals surface area contributed by atoms with E-state index in [2.05, 4.69) is 34.1 Å². The maximum absolute atomic E-state index is 5.46. The Kier molecular flexibility index (Phi) is 6.10. The molecule has 0 spiro atoms. The monoisotopic (exact) mass is 295 g/mol. The molecule has 3 heteroatoms. The van der Waals surface area contributed by atoms with Gasteiger partial charge in [0.25, 0.3) is 0 Å². The second-order valence-electron chi connectivity index (χ2n) is 3.86. The van der Waals surface area contributed by atoms with Crippen LogP contribution in [0.25, 0.3) is 0 Å². The molecular weight excluding hydrogens is 278 g/mol. The first-order chi connectivity index (χ1) is 8.21. The van der Waals surface area contributed by atoms with Crippen molar-refractivity contribution in [1.29, 1.82) is 0 Å². The molecule has 1 atom stereocenters. The number of methoxy groups -OCH3 is 1. The van der Waals surface area contributed by atoms with Crippen LogP contribution >= 0.6 is 15.9 Å². The van der Waals surface area contributed by atoms with Crippen LogP contribution in [0.5, 0.6) is 5.75 Å². The molecule has 17 heavy (non-hydrogen) atoms. The summed E-state index contributed by atoms with van der Waals surface area (Å²) in [6.07, 6.45) is 7.56. The lowest BCUT2D eigenvalue weighted by Crippen LogP contribution is -2.26. The maximum atomic E-state index is 5.46. The summed E-state index contributed by atoms with van der Waals surface area (Å²) in [4.78, 5) is 0. The van der Waals surface area contributed by atoms with Crippen molar-refractivity contribution >= 4 is 15.9 Å². The van der Waals surface area contributed by atoms with E-state index in [9.17, 15) is 0 Å². The Balaban J connectivity index is 2.58. The molecular formula is C14H18BrNO. The molecule has 1 aromatic rings. The smallest absolute Gasteiger partial charge is 0.133 e. The van der Waals surface area contributed by atoms with Crippen LogP contribution < -0.4 is 10.1 Å². The van der Waals surface area contributed by atoms with Gasteiger partial charge in [0.1, 0.15) is 5.75 Å². The molecule has 0 aliphatic carbocycles. The van der Waals surface area contributed by atoms with Gasteiger partial charge in [0.05, 0.1) is 17.6 Å². The van der Waals surface area contributed by atoms with Crippen LogP contribution in [0, 0.1) is 12.3 Å². The van der Waals surface area contributed by atoms with Crippen LogP contribution in [-0.4, -0.2) is 13.2 Å². The van der Waals surface area contributed by atoms with Gasteiger partial charge in [-0.3, -0.25) is 5.32 Å². The second kappa shape index (κ2) is 7.37. The molecule has 1 rings (SSSR count). The van der Waals surface area contributed by atoms with E-state index in [1.807, 2.05) is 18.2 Å². The van der Waals surface area contributed by atoms with E-state index < -0.39 is 0 Å². The fourth-order valence-electron chi connectivity index (χ4n) is 1.59. The molecule has 0 aliphatic heterocycles. The summed E-state index contributed by atoms with van der Waals surface area (Å²) in [5, 5.41) is 3.35. The van der Waals surface area contributed by atoms with Crippen LogP contribution in [0.3, 0.4) is 0 Å². The number of benzene rings is 1. The highest BCUT2D eigenvalue weighted by Gasteiger charge is 2.04. The quantitative estimate of drug-likeness (QED) is 0.813. The van der Waals surface area contributed by atoms with E-state index in [4.69, 9.17) is 11.2 Å². The Hall–Kier alpha value is -0.980. The van der Waals surface area contributed by atoms with Gasteiger partial charge in [-0.05, 0) is 40.0 Å². The highest BCUT2D eigenvalue weighted by Crippen LogP contribution is 2.25. The van der Waals surface area contributed by atoms with Gasteiger partial charge in [-0.2, -0.15) is 0 Å². The molecule has 0 bridgehead atoms. The van der Waals surface area contributed by atoms with Crippen LogP contribution in [0.2, 0.25) is 0 Å². The number of ether oxygens (including phenoxy) is 1. The lowest BCUT2D eigenvalue weighted by molar-refractivity contribution is 0.412. The zero-order valence-corrected chi connectivity index (χ0v) is 11.9. The second-order valence-corrected chi connectivity index (χ2v) is 4.71. The zero-order chi connectivity index (χ0) is 12.7. The molecule has 0 aliphatic rings. The third-order valence-electron chi connectivity index (χ3n) is 2.55. The molecule has 0 heterocycles. The number of hydrogen-bond donors (Lipinski definition) is 1. The Labute approximate surface area is 112 Å². The molecule has 1 unspecified atom stereocenters. The van der Waals surface area contributed by atoms with E-state index in [1.165, 1.54) is 5.56 Å². The van der Waals surface area contributed by atoms with E-state index in [-0.39, 0.29) is 6.04 Å². The van der Waals surface area contributed by atoms with Gasteiger partial charge < -0.3 is 4.74 Å². The van der Waals surface area contributed by atoms with Crippen molar-refractivity contribution in [1.82, 2.24) is 5.32 Å².